The van der Waals surface area contributed by atoms with Gasteiger partial charge in [0, 0.05) is 11.1 Å². The quantitative estimate of drug-likeness (QED) is 0.623. The molecule has 2 aromatic heterocycles. The summed E-state index contributed by atoms with van der Waals surface area (Å²) in [6, 6.07) is 10.2. The molecule has 3 aromatic rings. The van der Waals surface area contributed by atoms with Crippen LogP contribution in [0.4, 0.5) is 0 Å². The highest BCUT2D eigenvalue weighted by Crippen LogP contribution is 2.35. The number of aldehydes is 1. The van der Waals surface area contributed by atoms with E-state index < -0.39 is 0 Å². The molecule has 0 fully saturated rings. The van der Waals surface area contributed by atoms with Crippen molar-refractivity contribution in [1.29, 1.82) is 0 Å². The van der Waals surface area contributed by atoms with Crippen molar-refractivity contribution in [2.45, 2.75) is 20.3 Å². The minimum absolute atomic E-state index is 0.503. The minimum Gasteiger partial charge on any atom is -0.296 e. The Balaban J connectivity index is 1.93. The summed E-state index contributed by atoms with van der Waals surface area (Å²) in [5.74, 6) is 0.503. The molecule has 0 spiro atoms. The average molecular weight is 328 g/mol. The Morgan fingerprint density at radius 3 is 2.59 bits per heavy atom. The summed E-state index contributed by atoms with van der Waals surface area (Å²) in [6.07, 6.45) is 3.60. The highest BCUT2D eigenvalue weighted by atomic mass is 32.1. The second kappa shape index (κ2) is 6.50. The van der Waals surface area contributed by atoms with Crippen molar-refractivity contribution < 1.29 is 4.79 Å². The molecule has 0 saturated heterocycles. The average Bonchev–Trinajstić information content (AvgIpc) is 3.14. The molecule has 0 aliphatic heterocycles. The molecule has 0 N–H and O–H groups in total. The molecular weight excluding hydrogens is 312 g/mol. The molecule has 2 heterocycles. The summed E-state index contributed by atoms with van der Waals surface area (Å²) in [5.41, 5.74) is 1.71. The summed E-state index contributed by atoms with van der Waals surface area (Å²) in [5, 5.41) is 1.71. The zero-order valence-electron chi connectivity index (χ0n) is 12.4. The third-order valence-electron chi connectivity index (χ3n) is 3.18. The van der Waals surface area contributed by atoms with Gasteiger partial charge >= 0.3 is 0 Å². The standard InChI is InChI=1S/C17H16N2OS2/c1-11(2)8-14-13(10-20)19-17(21-14)16-18-9-15(22-16)12-6-4-3-5-7-12/h3-7,9-11H,8H2,1-2H3. The van der Waals surface area contributed by atoms with Crippen LogP contribution < -0.4 is 0 Å². The first-order chi connectivity index (χ1) is 10.7. The van der Waals surface area contributed by atoms with Crippen molar-refractivity contribution in [1.82, 2.24) is 9.97 Å². The number of benzene rings is 1. The number of thiazole rings is 2. The monoisotopic (exact) mass is 328 g/mol. The number of rotatable bonds is 5. The highest BCUT2D eigenvalue weighted by molar-refractivity contribution is 7.23. The Labute approximate surface area is 137 Å². The number of nitrogens with zero attached hydrogens (tertiary/aromatic N) is 2. The van der Waals surface area contributed by atoms with E-state index in [1.165, 1.54) is 0 Å². The van der Waals surface area contributed by atoms with Crippen LogP contribution in [-0.2, 0) is 6.42 Å². The second-order valence-corrected chi connectivity index (χ2v) is 7.55. The van der Waals surface area contributed by atoms with Crippen molar-refractivity contribution in [2.75, 3.05) is 0 Å². The number of aromatic nitrogens is 2. The van der Waals surface area contributed by atoms with Gasteiger partial charge in [-0.25, -0.2) is 9.97 Å². The van der Waals surface area contributed by atoms with E-state index in [0.717, 1.165) is 38.0 Å². The Hall–Kier alpha value is -1.85. The molecule has 0 bridgehead atoms. The van der Waals surface area contributed by atoms with E-state index in [9.17, 15) is 4.79 Å². The van der Waals surface area contributed by atoms with E-state index in [1.54, 1.807) is 22.7 Å². The molecule has 0 aliphatic rings. The zero-order valence-corrected chi connectivity index (χ0v) is 14.1. The van der Waals surface area contributed by atoms with Gasteiger partial charge in [-0.2, -0.15) is 0 Å². The largest absolute Gasteiger partial charge is 0.296 e. The maximum Gasteiger partial charge on any atom is 0.169 e. The molecule has 22 heavy (non-hydrogen) atoms. The molecule has 0 unspecified atom stereocenters. The Bertz CT molecular complexity index is 775. The molecule has 0 radical (unpaired) electrons. The van der Waals surface area contributed by atoms with E-state index in [1.807, 2.05) is 24.4 Å². The second-order valence-electron chi connectivity index (χ2n) is 5.44. The topological polar surface area (TPSA) is 42.9 Å². The van der Waals surface area contributed by atoms with Crippen LogP contribution in [0.5, 0.6) is 0 Å². The molecule has 0 saturated carbocycles. The molecule has 3 rings (SSSR count). The van der Waals surface area contributed by atoms with Crippen molar-refractivity contribution in [2.24, 2.45) is 5.92 Å². The van der Waals surface area contributed by atoms with Crippen LogP contribution in [0.15, 0.2) is 36.5 Å². The normalized spacial score (nSPS) is 11.0. The van der Waals surface area contributed by atoms with Crippen LogP contribution in [-0.4, -0.2) is 16.3 Å². The van der Waals surface area contributed by atoms with Crippen molar-refractivity contribution in [3.63, 3.8) is 0 Å². The van der Waals surface area contributed by atoms with Gasteiger partial charge < -0.3 is 0 Å². The lowest BCUT2D eigenvalue weighted by atomic mass is 10.1. The first-order valence-corrected chi connectivity index (χ1v) is 8.77. The zero-order chi connectivity index (χ0) is 15.5. The number of hydrogen-bond donors (Lipinski definition) is 0. The van der Waals surface area contributed by atoms with Crippen molar-refractivity contribution >= 4 is 29.0 Å². The molecule has 5 heteroatoms. The van der Waals surface area contributed by atoms with Crippen LogP contribution in [0.25, 0.3) is 20.5 Å². The van der Waals surface area contributed by atoms with Crippen molar-refractivity contribution in [3.05, 3.63) is 47.1 Å². The van der Waals surface area contributed by atoms with Gasteiger partial charge in [0.05, 0.1) is 4.88 Å². The fourth-order valence-electron chi connectivity index (χ4n) is 2.17. The molecule has 1 aromatic carbocycles. The lowest BCUT2D eigenvalue weighted by Gasteiger charge is -2.00. The number of hydrogen-bond acceptors (Lipinski definition) is 5. The number of carbonyl (C=O) groups excluding carboxylic acids is 1. The van der Waals surface area contributed by atoms with E-state index in [4.69, 9.17) is 0 Å². The van der Waals surface area contributed by atoms with Crippen LogP contribution in [0.3, 0.4) is 0 Å². The molecule has 112 valence electrons. The van der Waals surface area contributed by atoms with Gasteiger partial charge in [0.25, 0.3) is 0 Å². The third-order valence-corrected chi connectivity index (χ3v) is 5.46. The fourth-order valence-corrected chi connectivity index (χ4v) is 4.36. The van der Waals surface area contributed by atoms with Crippen LogP contribution in [0, 0.1) is 5.92 Å². The summed E-state index contributed by atoms with van der Waals surface area (Å²) >= 11 is 3.19. The third kappa shape index (κ3) is 3.15. The van der Waals surface area contributed by atoms with E-state index in [-0.39, 0.29) is 0 Å². The minimum atomic E-state index is 0.503. The van der Waals surface area contributed by atoms with E-state index >= 15 is 0 Å². The lowest BCUT2D eigenvalue weighted by Crippen LogP contribution is -1.95. The van der Waals surface area contributed by atoms with Gasteiger partial charge in [-0.3, -0.25) is 4.79 Å². The summed E-state index contributed by atoms with van der Waals surface area (Å²) in [7, 11) is 0. The molecule has 3 nitrogen and oxygen atoms in total. The summed E-state index contributed by atoms with van der Waals surface area (Å²) in [4.78, 5) is 22.3. The first-order valence-electron chi connectivity index (χ1n) is 7.14. The predicted octanol–water partition coefficient (Wildman–Crippen LogP) is 4.94. The van der Waals surface area contributed by atoms with E-state index in [2.05, 4.69) is 35.9 Å². The van der Waals surface area contributed by atoms with Crippen LogP contribution in [0.2, 0.25) is 0 Å². The van der Waals surface area contributed by atoms with Crippen molar-refractivity contribution in [3.8, 4) is 20.5 Å². The Morgan fingerprint density at radius 2 is 1.91 bits per heavy atom. The van der Waals surface area contributed by atoms with Gasteiger partial charge in [-0.05, 0) is 17.9 Å². The van der Waals surface area contributed by atoms with Gasteiger partial charge in [-0.1, -0.05) is 44.2 Å². The van der Waals surface area contributed by atoms with Gasteiger partial charge in [-0.15, -0.1) is 22.7 Å². The van der Waals surface area contributed by atoms with Crippen LogP contribution >= 0.6 is 22.7 Å². The van der Waals surface area contributed by atoms with Gasteiger partial charge in [0.15, 0.2) is 16.3 Å². The molecule has 0 atom stereocenters. The fraction of sp³-hybridized carbons (Fsp3) is 0.235. The molecule has 0 amide bonds. The maximum atomic E-state index is 11.2. The van der Waals surface area contributed by atoms with E-state index in [0.29, 0.717) is 11.6 Å². The number of carbonyl (C=O) groups is 1. The summed E-state index contributed by atoms with van der Waals surface area (Å²) < 4.78 is 0. The molecule has 0 aliphatic carbocycles. The highest BCUT2D eigenvalue weighted by Gasteiger charge is 2.16. The Kier molecular flexibility index (Phi) is 4.45. The van der Waals surface area contributed by atoms with Crippen LogP contribution in [0.1, 0.15) is 29.2 Å². The Morgan fingerprint density at radius 1 is 1.14 bits per heavy atom. The predicted molar refractivity (Wildman–Crippen MR) is 92.6 cm³/mol. The molecular formula is C17H16N2OS2. The lowest BCUT2D eigenvalue weighted by molar-refractivity contribution is 0.111. The maximum absolute atomic E-state index is 11.2. The SMILES string of the molecule is CC(C)Cc1sc(-c2ncc(-c3ccccc3)s2)nc1C=O. The summed E-state index contributed by atoms with van der Waals surface area (Å²) in [6.45, 7) is 4.29. The smallest absolute Gasteiger partial charge is 0.169 e. The van der Waals surface area contributed by atoms with Gasteiger partial charge in [0.1, 0.15) is 5.69 Å². The first kappa shape index (κ1) is 15.1. The van der Waals surface area contributed by atoms with Gasteiger partial charge in [0.2, 0.25) is 0 Å².